The average molecular weight is 293 g/mol. The Bertz CT molecular complexity index is 462. The molecule has 2 rings (SSSR count). The highest BCUT2D eigenvalue weighted by Gasteiger charge is 2.36. The Morgan fingerprint density at radius 1 is 1.19 bits per heavy atom. The zero-order valence-corrected chi connectivity index (χ0v) is 13.5. The van der Waals surface area contributed by atoms with Crippen LogP contribution < -0.4 is 5.32 Å². The van der Waals surface area contributed by atoms with Gasteiger partial charge in [0.25, 0.3) is 0 Å². The summed E-state index contributed by atoms with van der Waals surface area (Å²) in [6.45, 7) is 7.17. The lowest BCUT2D eigenvalue weighted by molar-refractivity contribution is -0.0257. The fraction of sp³-hybridized carbons (Fsp3) is 0.667. The SMILES string of the molecule is CC(Cc1ccccc1F)NCC1(O)CCC(C)(C)CC1. The summed E-state index contributed by atoms with van der Waals surface area (Å²) in [5.74, 6) is -0.149. The van der Waals surface area contributed by atoms with Crippen LogP contribution in [0, 0.1) is 11.2 Å². The van der Waals surface area contributed by atoms with Gasteiger partial charge in [0.2, 0.25) is 0 Å². The second-order valence-electron chi connectivity index (χ2n) is 7.47. The van der Waals surface area contributed by atoms with Crippen molar-refractivity contribution >= 4 is 0 Å². The Morgan fingerprint density at radius 2 is 1.81 bits per heavy atom. The number of aliphatic hydroxyl groups is 1. The molecule has 0 amide bonds. The summed E-state index contributed by atoms with van der Waals surface area (Å²) in [5, 5.41) is 14.0. The van der Waals surface area contributed by atoms with Crippen molar-refractivity contribution in [1.29, 1.82) is 0 Å². The van der Waals surface area contributed by atoms with Crippen LogP contribution in [-0.2, 0) is 6.42 Å². The van der Waals surface area contributed by atoms with Crippen molar-refractivity contribution in [3.05, 3.63) is 35.6 Å². The molecule has 1 unspecified atom stereocenters. The van der Waals surface area contributed by atoms with Gasteiger partial charge in [0.05, 0.1) is 5.60 Å². The molecule has 0 bridgehead atoms. The maximum absolute atomic E-state index is 13.6. The fourth-order valence-electron chi connectivity index (χ4n) is 3.00. The first kappa shape index (κ1) is 16.4. The summed E-state index contributed by atoms with van der Waals surface area (Å²) in [7, 11) is 0. The van der Waals surface area contributed by atoms with Crippen LogP contribution in [0.25, 0.3) is 0 Å². The largest absolute Gasteiger partial charge is 0.389 e. The first-order chi connectivity index (χ1) is 9.80. The molecule has 2 N–H and O–H groups in total. The van der Waals surface area contributed by atoms with E-state index in [1.165, 1.54) is 6.07 Å². The molecule has 1 aliphatic carbocycles. The predicted octanol–water partition coefficient (Wildman–Crippen LogP) is 3.68. The van der Waals surface area contributed by atoms with Gasteiger partial charge in [-0.05, 0) is 56.1 Å². The van der Waals surface area contributed by atoms with Crippen molar-refractivity contribution in [2.75, 3.05) is 6.54 Å². The molecule has 1 aliphatic rings. The van der Waals surface area contributed by atoms with Gasteiger partial charge < -0.3 is 10.4 Å². The molecule has 1 fully saturated rings. The molecule has 0 spiro atoms. The van der Waals surface area contributed by atoms with E-state index in [2.05, 4.69) is 19.2 Å². The molecular weight excluding hydrogens is 265 g/mol. The van der Waals surface area contributed by atoms with E-state index in [-0.39, 0.29) is 11.9 Å². The van der Waals surface area contributed by atoms with Gasteiger partial charge in [-0.3, -0.25) is 0 Å². The molecular formula is C18H28FNO. The second-order valence-corrected chi connectivity index (χ2v) is 7.47. The summed E-state index contributed by atoms with van der Waals surface area (Å²) in [6, 6.07) is 7.05. The standard InChI is InChI=1S/C18H28FNO/c1-14(12-15-6-4-5-7-16(15)19)20-13-18(21)10-8-17(2,3)9-11-18/h4-7,14,20-21H,8-13H2,1-3H3. The minimum absolute atomic E-state index is 0.149. The van der Waals surface area contributed by atoms with Crippen LogP contribution in [0.3, 0.4) is 0 Å². The summed E-state index contributed by atoms with van der Waals surface area (Å²) >= 11 is 0. The highest BCUT2D eigenvalue weighted by atomic mass is 19.1. The number of nitrogens with one attached hydrogen (secondary N) is 1. The van der Waals surface area contributed by atoms with Crippen LogP contribution in [0.5, 0.6) is 0 Å². The lowest BCUT2D eigenvalue weighted by Gasteiger charge is -2.40. The van der Waals surface area contributed by atoms with Crippen molar-refractivity contribution in [3.8, 4) is 0 Å². The molecule has 0 heterocycles. The molecule has 1 atom stereocenters. The molecule has 0 aliphatic heterocycles. The maximum atomic E-state index is 13.6. The van der Waals surface area contributed by atoms with E-state index in [4.69, 9.17) is 0 Å². The maximum Gasteiger partial charge on any atom is 0.126 e. The molecule has 1 aromatic carbocycles. The van der Waals surface area contributed by atoms with E-state index in [0.717, 1.165) is 31.2 Å². The molecule has 0 radical (unpaired) electrons. The highest BCUT2D eigenvalue weighted by Crippen LogP contribution is 2.39. The normalized spacial score (nSPS) is 22.0. The minimum atomic E-state index is -0.598. The van der Waals surface area contributed by atoms with Crippen molar-refractivity contribution in [1.82, 2.24) is 5.32 Å². The predicted molar refractivity (Wildman–Crippen MR) is 84.8 cm³/mol. The fourth-order valence-corrected chi connectivity index (χ4v) is 3.00. The van der Waals surface area contributed by atoms with Gasteiger partial charge in [-0.15, -0.1) is 0 Å². The van der Waals surface area contributed by atoms with Gasteiger partial charge in [-0.2, -0.15) is 0 Å². The van der Waals surface area contributed by atoms with E-state index in [1.807, 2.05) is 19.1 Å². The molecule has 118 valence electrons. The lowest BCUT2D eigenvalue weighted by atomic mass is 9.71. The van der Waals surface area contributed by atoms with E-state index < -0.39 is 5.60 Å². The van der Waals surface area contributed by atoms with Gasteiger partial charge in [0.1, 0.15) is 5.82 Å². The van der Waals surface area contributed by atoms with Crippen molar-refractivity contribution < 1.29 is 9.50 Å². The van der Waals surface area contributed by atoms with Crippen molar-refractivity contribution in [2.24, 2.45) is 5.41 Å². The van der Waals surface area contributed by atoms with Crippen LogP contribution in [0.1, 0.15) is 52.0 Å². The van der Waals surface area contributed by atoms with Gasteiger partial charge in [-0.25, -0.2) is 4.39 Å². The van der Waals surface area contributed by atoms with Crippen LogP contribution >= 0.6 is 0 Å². The second kappa shape index (κ2) is 6.45. The van der Waals surface area contributed by atoms with Crippen LogP contribution in [0.4, 0.5) is 4.39 Å². The van der Waals surface area contributed by atoms with Gasteiger partial charge in [-0.1, -0.05) is 32.0 Å². The Hall–Kier alpha value is -0.930. The van der Waals surface area contributed by atoms with Gasteiger partial charge in [0.15, 0.2) is 0 Å². The third-order valence-corrected chi connectivity index (χ3v) is 4.80. The molecule has 2 nitrogen and oxygen atoms in total. The van der Waals surface area contributed by atoms with E-state index in [9.17, 15) is 9.50 Å². The van der Waals surface area contributed by atoms with Crippen LogP contribution in [0.2, 0.25) is 0 Å². The summed E-state index contributed by atoms with van der Waals surface area (Å²) in [6.07, 6.45) is 4.47. The highest BCUT2D eigenvalue weighted by molar-refractivity contribution is 5.18. The van der Waals surface area contributed by atoms with Crippen LogP contribution in [-0.4, -0.2) is 23.3 Å². The van der Waals surface area contributed by atoms with Crippen molar-refractivity contribution in [2.45, 2.75) is 64.5 Å². The molecule has 1 saturated carbocycles. The third-order valence-electron chi connectivity index (χ3n) is 4.80. The third kappa shape index (κ3) is 4.79. The first-order valence-corrected chi connectivity index (χ1v) is 7.99. The zero-order valence-electron chi connectivity index (χ0n) is 13.5. The zero-order chi connectivity index (χ0) is 15.5. The van der Waals surface area contributed by atoms with E-state index in [1.54, 1.807) is 6.07 Å². The molecule has 0 aromatic heterocycles. The summed E-state index contributed by atoms with van der Waals surface area (Å²) in [5.41, 5.74) is 0.485. The summed E-state index contributed by atoms with van der Waals surface area (Å²) in [4.78, 5) is 0. The molecule has 3 heteroatoms. The minimum Gasteiger partial charge on any atom is -0.389 e. The van der Waals surface area contributed by atoms with Gasteiger partial charge in [0, 0.05) is 12.6 Å². The Kier molecular flexibility index (Phi) is 5.05. The Labute approximate surface area is 127 Å². The quantitative estimate of drug-likeness (QED) is 0.868. The lowest BCUT2D eigenvalue weighted by Crippen LogP contribution is -2.47. The number of hydrogen-bond acceptors (Lipinski definition) is 2. The molecule has 21 heavy (non-hydrogen) atoms. The van der Waals surface area contributed by atoms with Crippen molar-refractivity contribution in [3.63, 3.8) is 0 Å². The Balaban J connectivity index is 1.81. The number of halogens is 1. The monoisotopic (exact) mass is 293 g/mol. The number of hydrogen-bond donors (Lipinski definition) is 2. The molecule has 0 saturated heterocycles. The number of rotatable bonds is 5. The summed E-state index contributed by atoms with van der Waals surface area (Å²) < 4.78 is 13.6. The number of benzene rings is 1. The van der Waals surface area contributed by atoms with Crippen LogP contribution in [0.15, 0.2) is 24.3 Å². The average Bonchev–Trinajstić information content (AvgIpc) is 2.43. The Morgan fingerprint density at radius 3 is 2.43 bits per heavy atom. The smallest absolute Gasteiger partial charge is 0.126 e. The van der Waals surface area contributed by atoms with E-state index >= 15 is 0 Å². The topological polar surface area (TPSA) is 32.3 Å². The van der Waals surface area contributed by atoms with Gasteiger partial charge >= 0.3 is 0 Å². The van der Waals surface area contributed by atoms with E-state index in [0.29, 0.717) is 18.4 Å². The first-order valence-electron chi connectivity index (χ1n) is 7.99. The molecule has 1 aromatic rings.